The first kappa shape index (κ1) is 14.6. The molecule has 3 rings (SSSR count). The third kappa shape index (κ3) is 3.65. The Labute approximate surface area is 130 Å². The number of quaternary nitrogens is 1. The number of nitrogens with two attached hydrogens (primary N) is 1. The molecule has 1 aliphatic rings. The van der Waals surface area contributed by atoms with E-state index in [1.807, 2.05) is 30.3 Å². The van der Waals surface area contributed by atoms with Crippen LogP contribution >= 0.6 is 0 Å². The van der Waals surface area contributed by atoms with Crippen LogP contribution in [0.3, 0.4) is 0 Å². The molecule has 4 nitrogen and oxygen atoms in total. The van der Waals surface area contributed by atoms with Gasteiger partial charge in [-0.3, -0.25) is 0 Å². The highest BCUT2D eigenvalue weighted by Crippen LogP contribution is 2.18. The number of rotatable bonds is 6. The lowest BCUT2D eigenvalue weighted by molar-refractivity contribution is -0.676. The van der Waals surface area contributed by atoms with Crippen LogP contribution in [0.2, 0.25) is 0 Å². The van der Waals surface area contributed by atoms with Crippen molar-refractivity contribution in [1.29, 1.82) is 0 Å². The number of methoxy groups -OCH3 is 1. The van der Waals surface area contributed by atoms with Gasteiger partial charge in [0.15, 0.2) is 6.10 Å². The van der Waals surface area contributed by atoms with Crippen molar-refractivity contribution in [2.45, 2.75) is 19.1 Å². The summed E-state index contributed by atoms with van der Waals surface area (Å²) in [4.78, 5) is 5.54. The molecule has 1 atom stereocenters. The van der Waals surface area contributed by atoms with Crippen molar-refractivity contribution >= 4 is 5.71 Å². The Morgan fingerprint density at radius 2 is 1.91 bits per heavy atom. The van der Waals surface area contributed by atoms with Crippen molar-refractivity contribution in [3.8, 4) is 5.75 Å². The molecular weight excluding hydrogens is 276 g/mol. The Kier molecular flexibility index (Phi) is 4.71. The summed E-state index contributed by atoms with van der Waals surface area (Å²) in [6, 6.07) is 18.4. The second-order valence-corrected chi connectivity index (χ2v) is 5.41. The minimum atomic E-state index is 0.154. The van der Waals surface area contributed by atoms with Crippen molar-refractivity contribution in [1.82, 2.24) is 0 Å². The van der Waals surface area contributed by atoms with Gasteiger partial charge >= 0.3 is 0 Å². The molecule has 0 aliphatic carbocycles. The largest absolute Gasteiger partial charge is 0.497 e. The zero-order valence-electron chi connectivity index (χ0n) is 12.7. The Balaban J connectivity index is 1.47. The maximum Gasteiger partial charge on any atom is 0.181 e. The molecule has 0 unspecified atom stereocenters. The fraction of sp³-hybridized carbons (Fsp3) is 0.278. The van der Waals surface area contributed by atoms with Crippen LogP contribution in [-0.2, 0) is 11.4 Å². The highest BCUT2D eigenvalue weighted by molar-refractivity contribution is 6.01. The fourth-order valence-electron chi connectivity index (χ4n) is 2.56. The molecule has 0 saturated carbocycles. The normalized spacial score (nSPS) is 17.0. The molecule has 4 heteroatoms. The van der Waals surface area contributed by atoms with Crippen LogP contribution in [0.15, 0.2) is 59.8 Å². The summed E-state index contributed by atoms with van der Waals surface area (Å²) in [5.74, 6) is 0.857. The van der Waals surface area contributed by atoms with E-state index in [-0.39, 0.29) is 6.10 Å². The van der Waals surface area contributed by atoms with Gasteiger partial charge in [-0.15, -0.1) is 0 Å². The Bertz CT molecular complexity index is 623. The van der Waals surface area contributed by atoms with E-state index in [2.05, 4.69) is 34.7 Å². The highest BCUT2D eigenvalue weighted by Gasteiger charge is 2.23. The number of nitrogens with zero attached hydrogens (tertiary/aromatic N) is 1. The van der Waals surface area contributed by atoms with Crippen molar-refractivity contribution < 1.29 is 14.9 Å². The van der Waals surface area contributed by atoms with Crippen LogP contribution in [0.5, 0.6) is 5.75 Å². The van der Waals surface area contributed by atoms with E-state index in [9.17, 15) is 0 Å². The average Bonchev–Trinajstić information content (AvgIpc) is 3.05. The van der Waals surface area contributed by atoms with Crippen LogP contribution < -0.4 is 10.1 Å². The summed E-state index contributed by atoms with van der Waals surface area (Å²) < 4.78 is 5.17. The predicted octanol–water partition coefficient (Wildman–Crippen LogP) is 1.95. The minimum Gasteiger partial charge on any atom is -0.497 e. The lowest BCUT2D eigenvalue weighted by Gasteiger charge is -2.07. The van der Waals surface area contributed by atoms with Crippen LogP contribution in [0, 0.1) is 0 Å². The molecule has 2 N–H and O–H groups in total. The van der Waals surface area contributed by atoms with Gasteiger partial charge in [0.1, 0.15) is 18.8 Å². The van der Waals surface area contributed by atoms with Crippen molar-refractivity contribution in [3.63, 3.8) is 0 Å². The first-order valence-electron chi connectivity index (χ1n) is 7.58. The van der Waals surface area contributed by atoms with Gasteiger partial charge in [0, 0.05) is 12.0 Å². The van der Waals surface area contributed by atoms with Gasteiger partial charge in [0.25, 0.3) is 0 Å². The molecule has 2 aromatic rings. The molecule has 0 aromatic heterocycles. The van der Waals surface area contributed by atoms with E-state index in [1.54, 1.807) is 7.11 Å². The Morgan fingerprint density at radius 1 is 1.14 bits per heavy atom. The minimum absolute atomic E-state index is 0.154. The number of hydrogen-bond donors (Lipinski definition) is 1. The van der Waals surface area contributed by atoms with Gasteiger partial charge in [0.2, 0.25) is 0 Å². The molecule has 0 spiro atoms. The first-order chi connectivity index (χ1) is 10.8. The summed E-state index contributed by atoms with van der Waals surface area (Å²) in [6.45, 7) is 1.89. The molecule has 114 valence electrons. The zero-order chi connectivity index (χ0) is 15.2. The van der Waals surface area contributed by atoms with Gasteiger partial charge in [-0.05, 0) is 29.8 Å². The standard InChI is InChI=1S/C18H20N2O2/c1-21-16-9-7-15(8-10-16)18-11-17(22-20-18)13-19-12-14-5-3-2-4-6-14/h2-10,17,19H,11-13H2,1H3/p+1/t17-/m0/s1. The molecule has 0 radical (unpaired) electrons. The Hall–Kier alpha value is -2.33. The van der Waals surface area contributed by atoms with Crippen LogP contribution in [0.1, 0.15) is 17.5 Å². The number of oxime groups is 1. The molecule has 0 saturated heterocycles. The van der Waals surface area contributed by atoms with E-state index < -0.39 is 0 Å². The molecular formula is C18H21N2O2+. The summed E-state index contributed by atoms with van der Waals surface area (Å²) in [7, 11) is 1.67. The smallest absolute Gasteiger partial charge is 0.181 e. The van der Waals surface area contributed by atoms with Gasteiger partial charge in [0.05, 0.1) is 12.8 Å². The number of hydrogen-bond acceptors (Lipinski definition) is 3. The molecule has 22 heavy (non-hydrogen) atoms. The second-order valence-electron chi connectivity index (χ2n) is 5.41. The van der Waals surface area contributed by atoms with Crippen molar-refractivity contribution in [2.75, 3.05) is 13.7 Å². The van der Waals surface area contributed by atoms with Gasteiger partial charge in [-0.1, -0.05) is 35.5 Å². The topological polar surface area (TPSA) is 47.4 Å². The van der Waals surface area contributed by atoms with Crippen molar-refractivity contribution in [3.05, 3.63) is 65.7 Å². The van der Waals surface area contributed by atoms with Gasteiger partial charge in [-0.2, -0.15) is 0 Å². The van der Waals surface area contributed by atoms with Crippen LogP contribution in [0.25, 0.3) is 0 Å². The lowest BCUT2D eigenvalue weighted by Crippen LogP contribution is -2.84. The summed E-state index contributed by atoms with van der Waals surface area (Å²) in [6.07, 6.45) is 1.01. The van der Waals surface area contributed by atoms with E-state index >= 15 is 0 Å². The maximum atomic E-state index is 5.54. The SMILES string of the molecule is COc1ccc(C2=NO[C@H](C[NH2+]Cc3ccccc3)C2)cc1. The monoisotopic (exact) mass is 297 g/mol. The lowest BCUT2D eigenvalue weighted by atomic mass is 10.0. The molecule has 1 heterocycles. The van der Waals surface area contributed by atoms with Crippen LogP contribution in [-0.4, -0.2) is 25.5 Å². The van der Waals surface area contributed by atoms with E-state index in [1.165, 1.54) is 5.56 Å². The zero-order valence-corrected chi connectivity index (χ0v) is 12.7. The number of benzene rings is 2. The third-order valence-electron chi connectivity index (χ3n) is 3.81. The van der Waals surface area contributed by atoms with E-state index in [0.717, 1.165) is 36.5 Å². The third-order valence-corrected chi connectivity index (χ3v) is 3.81. The predicted molar refractivity (Wildman–Crippen MR) is 86.0 cm³/mol. The summed E-state index contributed by atoms with van der Waals surface area (Å²) in [5.41, 5.74) is 3.45. The van der Waals surface area contributed by atoms with E-state index in [4.69, 9.17) is 9.57 Å². The highest BCUT2D eigenvalue weighted by atomic mass is 16.6. The molecule has 0 bridgehead atoms. The molecule has 0 amide bonds. The molecule has 0 fully saturated rings. The summed E-state index contributed by atoms with van der Waals surface area (Å²) in [5, 5.41) is 6.49. The van der Waals surface area contributed by atoms with Gasteiger partial charge < -0.3 is 14.9 Å². The van der Waals surface area contributed by atoms with Crippen molar-refractivity contribution in [2.24, 2.45) is 5.16 Å². The molecule has 1 aliphatic heterocycles. The van der Waals surface area contributed by atoms with Gasteiger partial charge in [-0.25, -0.2) is 0 Å². The van der Waals surface area contributed by atoms with E-state index in [0.29, 0.717) is 0 Å². The second kappa shape index (κ2) is 7.09. The Morgan fingerprint density at radius 3 is 2.64 bits per heavy atom. The summed E-state index contributed by atoms with van der Waals surface area (Å²) >= 11 is 0. The number of ether oxygens (including phenoxy) is 1. The first-order valence-corrected chi connectivity index (χ1v) is 7.58. The maximum absolute atomic E-state index is 5.54. The average molecular weight is 297 g/mol. The quantitative estimate of drug-likeness (QED) is 0.886. The fourth-order valence-corrected chi connectivity index (χ4v) is 2.56. The van der Waals surface area contributed by atoms with Crippen LogP contribution in [0.4, 0.5) is 0 Å². The molecule has 2 aromatic carbocycles.